The number of rotatable bonds is 11. The minimum Gasteiger partial charge on any atom is -0.480 e. The van der Waals surface area contributed by atoms with Gasteiger partial charge in [-0.15, -0.1) is 16.4 Å². The number of hydrogen-bond acceptors (Lipinski definition) is 7. The lowest BCUT2D eigenvalue weighted by Crippen LogP contribution is -2.35. The van der Waals surface area contributed by atoms with E-state index in [-0.39, 0.29) is 18.3 Å². The molecular formula is C32H31N5O4S. The number of carbonyl (C=O) groups is 2. The van der Waals surface area contributed by atoms with E-state index in [2.05, 4.69) is 50.5 Å². The first-order valence-corrected chi connectivity index (χ1v) is 15.0. The molecular weight excluding hydrogens is 550 g/mol. The Morgan fingerprint density at radius 1 is 1.02 bits per heavy atom. The lowest BCUT2D eigenvalue weighted by molar-refractivity contribution is -0.141. The van der Waals surface area contributed by atoms with Gasteiger partial charge in [0, 0.05) is 17.0 Å². The van der Waals surface area contributed by atoms with E-state index in [1.54, 1.807) is 11.3 Å². The molecule has 1 amide bonds. The molecule has 0 fully saturated rings. The van der Waals surface area contributed by atoms with Crippen LogP contribution in [0.25, 0.3) is 21.2 Å². The van der Waals surface area contributed by atoms with Crippen molar-refractivity contribution in [1.29, 1.82) is 0 Å². The Hall–Kier alpha value is -4.57. The minimum atomic E-state index is -1.02. The van der Waals surface area contributed by atoms with Gasteiger partial charge in [0.1, 0.15) is 6.61 Å². The summed E-state index contributed by atoms with van der Waals surface area (Å²) in [6.07, 6.45) is 1.67. The fourth-order valence-electron chi connectivity index (χ4n) is 5.80. The summed E-state index contributed by atoms with van der Waals surface area (Å²) in [6, 6.07) is 22.7. The van der Waals surface area contributed by atoms with Crippen LogP contribution in [-0.4, -0.2) is 44.0 Å². The molecule has 5 aromatic rings. The average molecular weight is 582 g/mol. The van der Waals surface area contributed by atoms with Gasteiger partial charge in [-0.25, -0.2) is 14.3 Å². The number of aliphatic carboxylic acids is 1. The highest BCUT2D eigenvalue weighted by Crippen LogP contribution is 2.44. The summed E-state index contributed by atoms with van der Waals surface area (Å²) in [5, 5.41) is 28.2. The normalized spacial score (nSPS) is 13.8. The lowest BCUT2D eigenvalue weighted by Gasteiger charge is -2.21. The Bertz CT molecular complexity index is 1690. The van der Waals surface area contributed by atoms with Crippen molar-refractivity contribution in [2.45, 2.75) is 50.6 Å². The van der Waals surface area contributed by atoms with Gasteiger partial charge in [-0.2, -0.15) is 0 Å². The van der Waals surface area contributed by atoms with Gasteiger partial charge in [0.05, 0.1) is 6.04 Å². The van der Waals surface area contributed by atoms with Crippen molar-refractivity contribution in [3.63, 3.8) is 0 Å². The first-order chi connectivity index (χ1) is 20.5. The summed E-state index contributed by atoms with van der Waals surface area (Å²) < 4.78 is 8.30. The summed E-state index contributed by atoms with van der Waals surface area (Å²) in [4.78, 5) is 25.6. The maximum absolute atomic E-state index is 13.4. The molecule has 0 saturated carbocycles. The Morgan fingerprint density at radius 2 is 1.71 bits per heavy atom. The number of carbonyl (C=O) groups excluding carboxylic acids is 1. The van der Waals surface area contributed by atoms with Crippen LogP contribution in [0.3, 0.4) is 0 Å². The number of amides is 1. The van der Waals surface area contributed by atoms with Gasteiger partial charge in [0.25, 0.3) is 0 Å². The van der Waals surface area contributed by atoms with Gasteiger partial charge in [0.15, 0.2) is 11.9 Å². The third kappa shape index (κ3) is 5.37. The molecule has 3 aromatic carbocycles. The number of fused-ring (bicyclic) bond motifs is 4. The van der Waals surface area contributed by atoms with Crippen LogP contribution in [0.15, 0.2) is 78.2 Å². The van der Waals surface area contributed by atoms with E-state index < -0.39 is 24.1 Å². The Balaban J connectivity index is 1.27. The number of alkyl carbamates (subject to hydrolysis) is 1. The highest BCUT2D eigenvalue weighted by atomic mass is 32.1. The zero-order chi connectivity index (χ0) is 29.1. The maximum Gasteiger partial charge on any atom is 0.407 e. The lowest BCUT2D eigenvalue weighted by atomic mass is 9.98. The molecule has 1 aliphatic rings. The Labute approximate surface area is 247 Å². The molecule has 6 rings (SSSR count). The molecule has 2 atom stereocenters. The maximum atomic E-state index is 13.4. The number of aromatic nitrogens is 4. The van der Waals surface area contributed by atoms with Crippen LogP contribution in [0.1, 0.15) is 66.7 Å². The van der Waals surface area contributed by atoms with Crippen LogP contribution in [0.5, 0.6) is 0 Å². The molecule has 0 saturated heterocycles. The zero-order valence-corrected chi connectivity index (χ0v) is 24.0. The topological polar surface area (TPSA) is 119 Å². The van der Waals surface area contributed by atoms with Crippen molar-refractivity contribution < 1.29 is 19.4 Å². The molecule has 2 unspecified atom stereocenters. The van der Waals surface area contributed by atoms with Gasteiger partial charge in [-0.05, 0) is 61.5 Å². The molecule has 42 heavy (non-hydrogen) atoms. The second-order valence-corrected chi connectivity index (χ2v) is 11.4. The van der Waals surface area contributed by atoms with Crippen LogP contribution in [0.4, 0.5) is 4.79 Å². The molecule has 10 heteroatoms. The third-order valence-electron chi connectivity index (χ3n) is 7.86. The number of benzene rings is 3. The quantitative estimate of drug-likeness (QED) is 0.182. The summed E-state index contributed by atoms with van der Waals surface area (Å²) in [6.45, 7) is 2.16. The summed E-state index contributed by atoms with van der Waals surface area (Å²) in [7, 11) is 0. The van der Waals surface area contributed by atoms with Crippen molar-refractivity contribution in [3.05, 3.63) is 101 Å². The van der Waals surface area contributed by atoms with E-state index in [1.807, 2.05) is 55.5 Å². The molecule has 9 nitrogen and oxygen atoms in total. The van der Waals surface area contributed by atoms with Crippen LogP contribution < -0.4 is 5.32 Å². The van der Waals surface area contributed by atoms with E-state index in [0.717, 1.165) is 44.3 Å². The Morgan fingerprint density at radius 3 is 2.43 bits per heavy atom. The van der Waals surface area contributed by atoms with E-state index in [0.29, 0.717) is 19.3 Å². The SMILES string of the molecule is CCCCC(C(=O)O)n1nnnc1C(Cc1csc2ccccc12)NC(=O)OCC1c2ccccc2-c2ccccc21. The van der Waals surface area contributed by atoms with Crippen LogP contribution in [0.2, 0.25) is 0 Å². The number of nitrogens with zero attached hydrogens (tertiary/aromatic N) is 4. The number of ether oxygens (including phenoxy) is 1. The van der Waals surface area contributed by atoms with Crippen LogP contribution >= 0.6 is 11.3 Å². The van der Waals surface area contributed by atoms with E-state index >= 15 is 0 Å². The summed E-state index contributed by atoms with van der Waals surface area (Å²) in [5.41, 5.74) is 5.55. The molecule has 2 aromatic heterocycles. The third-order valence-corrected chi connectivity index (χ3v) is 8.87. The number of hydrogen-bond donors (Lipinski definition) is 2. The van der Waals surface area contributed by atoms with Crippen molar-refractivity contribution in [1.82, 2.24) is 25.5 Å². The van der Waals surface area contributed by atoms with E-state index in [1.165, 1.54) is 4.68 Å². The molecule has 214 valence electrons. The van der Waals surface area contributed by atoms with Crippen LogP contribution in [-0.2, 0) is 16.0 Å². The molecule has 0 radical (unpaired) electrons. The van der Waals surface area contributed by atoms with Gasteiger partial charge in [0.2, 0.25) is 0 Å². The second-order valence-electron chi connectivity index (χ2n) is 10.5. The zero-order valence-electron chi connectivity index (χ0n) is 23.1. The van der Waals surface area contributed by atoms with E-state index in [9.17, 15) is 14.7 Å². The standard InChI is InChI=1S/C32H31N5O4S/c1-2-3-15-28(31(38)39)37-30(34-35-36-37)27(17-20-19-42-29-16-9-8-10-21(20)29)33-32(40)41-18-26-24-13-6-4-11-22(24)23-12-5-7-14-25(23)26/h4-14,16,19,26-28H,2-3,15,17-18H2,1H3,(H,33,40)(H,38,39). The number of tetrazole rings is 1. The highest BCUT2D eigenvalue weighted by molar-refractivity contribution is 7.17. The van der Waals surface area contributed by atoms with Crippen molar-refractivity contribution in [2.24, 2.45) is 0 Å². The van der Waals surface area contributed by atoms with Gasteiger partial charge < -0.3 is 15.2 Å². The first kappa shape index (κ1) is 27.6. The summed E-state index contributed by atoms with van der Waals surface area (Å²) >= 11 is 1.62. The van der Waals surface area contributed by atoms with Crippen molar-refractivity contribution in [2.75, 3.05) is 6.61 Å². The number of carboxylic acid groups (broad SMARTS) is 1. The van der Waals surface area contributed by atoms with Gasteiger partial charge in [-0.1, -0.05) is 86.5 Å². The summed E-state index contributed by atoms with van der Waals surface area (Å²) in [5.74, 6) is -0.821. The van der Waals surface area contributed by atoms with Crippen molar-refractivity contribution in [3.8, 4) is 11.1 Å². The number of unbranched alkanes of at least 4 members (excludes halogenated alkanes) is 1. The van der Waals surface area contributed by atoms with E-state index in [4.69, 9.17) is 4.74 Å². The fraction of sp³-hybridized carbons (Fsp3) is 0.281. The molecule has 2 heterocycles. The predicted molar refractivity (Wildman–Crippen MR) is 160 cm³/mol. The smallest absolute Gasteiger partial charge is 0.407 e. The molecule has 1 aliphatic carbocycles. The molecule has 2 N–H and O–H groups in total. The molecule has 0 spiro atoms. The van der Waals surface area contributed by atoms with Gasteiger partial charge in [-0.3, -0.25) is 0 Å². The number of nitrogens with one attached hydrogen (secondary N) is 1. The van der Waals surface area contributed by atoms with Crippen LogP contribution in [0, 0.1) is 0 Å². The van der Waals surface area contributed by atoms with Gasteiger partial charge >= 0.3 is 12.1 Å². The second kappa shape index (κ2) is 12.1. The monoisotopic (exact) mass is 581 g/mol. The number of thiophene rings is 1. The minimum absolute atomic E-state index is 0.0850. The molecule has 0 aliphatic heterocycles. The molecule has 0 bridgehead atoms. The first-order valence-electron chi connectivity index (χ1n) is 14.1. The van der Waals surface area contributed by atoms with Crippen molar-refractivity contribution >= 4 is 33.5 Å². The predicted octanol–water partition coefficient (Wildman–Crippen LogP) is 6.53. The largest absolute Gasteiger partial charge is 0.480 e. The Kier molecular flexibility index (Phi) is 7.96. The highest BCUT2D eigenvalue weighted by Gasteiger charge is 2.32. The average Bonchev–Trinajstić information content (AvgIpc) is 3.72. The number of carboxylic acids is 1. The fourth-order valence-corrected chi connectivity index (χ4v) is 6.78.